The van der Waals surface area contributed by atoms with Crippen molar-refractivity contribution in [3.8, 4) is 23.7 Å². The van der Waals surface area contributed by atoms with Crippen molar-refractivity contribution in [3.05, 3.63) is 70.8 Å². The molecular weight excluding hydrogens is 841 g/mol. The predicted octanol–water partition coefficient (Wildman–Crippen LogP) is 1.58. The second-order valence-electron chi connectivity index (χ2n) is 17.5. The summed E-state index contributed by atoms with van der Waals surface area (Å²) in [5.41, 5.74) is 4.68. The van der Waals surface area contributed by atoms with Gasteiger partial charge in [-0.05, 0) is 126 Å². The minimum atomic E-state index is -1.05. The van der Waals surface area contributed by atoms with Crippen LogP contribution in [0.2, 0.25) is 0 Å². The molecule has 6 N–H and O–H groups in total. The second-order valence-corrected chi connectivity index (χ2v) is 17.5. The molecule has 2 aromatic carbocycles. The number of carbonyl (C=O) groups excluding carboxylic acids is 6. The minimum Gasteiger partial charge on any atom is -0.366 e. The molecular formula is C50H66N8O8. The van der Waals surface area contributed by atoms with Crippen LogP contribution in [0.25, 0.3) is 0 Å². The van der Waals surface area contributed by atoms with Crippen LogP contribution in [0.4, 0.5) is 0 Å². The van der Waals surface area contributed by atoms with Crippen molar-refractivity contribution in [2.24, 2.45) is 0 Å². The lowest BCUT2D eigenvalue weighted by Gasteiger charge is -2.31. The van der Waals surface area contributed by atoms with E-state index >= 15 is 0 Å². The van der Waals surface area contributed by atoms with Crippen LogP contribution >= 0.6 is 0 Å². The Balaban J connectivity index is 1.00. The molecule has 0 aromatic heterocycles. The lowest BCUT2D eigenvalue weighted by atomic mass is 9.87. The van der Waals surface area contributed by atoms with Gasteiger partial charge in [-0.15, -0.1) is 0 Å². The van der Waals surface area contributed by atoms with E-state index in [0.29, 0.717) is 38.8 Å². The van der Waals surface area contributed by atoms with Crippen LogP contribution in [0.1, 0.15) is 99.6 Å². The zero-order chi connectivity index (χ0) is 47.0. The number of carbonyl (C=O) groups is 6. The maximum absolute atomic E-state index is 14.0. The number of likely N-dealkylation sites (tertiary alicyclic amines) is 2. The Morgan fingerprint density at radius 1 is 0.606 bits per heavy atom. The number of nitrogens with one attached hydrogen (secondary N) is 6. The molecule has 4 aliphatic rings. The van der Waals surface area contributed by atoms with Gasteiger partial charge in [0.2, 0.25) is 35.4 Å². The molecule has 8 atom stereocenters. The smallest absolute Gasteiger partial charge is 0.248 e. The van der Waals surface area contributed by atoms with E-state index in [9.17, 15) is 28.8 Å². The van der Waals surface area contributed by atoms with Crippen molar-refractivity contribution in [2.75, 3.05) is 53.6 Å². The highest BCUT2D eigenvalue weighted by Gasteiger charge is 2.41. The van der Waals surface area contributed by atoms with E-state index in [1.807, 2.05) is 36.4 Å². The first-order valence-electron chi connectivity index (χ1n) is 23.4. The summed E-state index contributed by atoms with van der Waals surface area (Å²) in [5, 5.41) is 17.7. The van der Waals surface area contributed by atoms with Crippen LogP contribution < -0.4 is 31.9 Å². The number of amides is 6. The quantitative estimate of drug-likeness (QED) is 0.0944. The van der Waals surface area contributed by atoms with Gasteiger partial charge in [0.1, 0.15) is 37.4 Å². The van der Waals surface area contributed by atoms with Gasteiger partial charge in [0.25, 0.3) is 0 Å². The third-order valence-corrected chi connectivity index (χ3v) is 13.1. The fraction of sp³-hybridized carbons (Fsp3) is 0.560. The molecule has 6 amide bonds. The molecule has 66 heavy (non-hydrogen) atoms. The summed E-state index contributed by atoms with van der Waals surface area (Å²) in [7, 11) is 3.29. The summed E-state index contributed by atoms with van der Waals surface area (Å²) in [6.45, 7) is 3.60. The van der Waals surface area contributed by atoms with Crippen LogP contribution in [-0.2, 0) is 51.1 Å². The zero-order valence-electron chi connectivity index (χ0n) is 38.7. The van der Waals surface area contributed by atoms with Crippen molar-refractivity contribution >= 4 is 35.4 Å². The average molecular weight is 907 g/mol. The third kappa shape index (κ3) is 13.0. The molecule has 0 spiro atoms. The third-order valence-electron chi connectivity index (χ3n) is 13.1. The number of fused-ring (bicyclic) bond motifs is 2. The van der Waals surface area contributed by atoms with E-state index < -0.39 is 48.1 Å². The van der Waals surface area contributed by atoms with E-state index in [4.69, 9.17) is 9.47 Å². The summed E-state index contributed by atoms with van der Waals surface area (Å²) in [5.74, 6) is 8.96. The topological polar surface area (TPSA) is 200 Å². The average Bonchev–Trinajstić information content (AvgIpc) is 4.05. The largest absolute Gasteiger partial charge is 0.366 e. The van der Waals surface area contributed by atoms with Crippen molar-refractivity contribution in [1.82, 2.24) is 41.7 Å². The van der Waals surface area contributed by atoms with Crippen LogP contribution in [0, 0.1) is 23.7 Å². The van der Waals surface area contributed by atoms with E-state index in [1.54, 1.807) is 37.7 Å². The summed E-state index contributed by atoms with van der Waals surface area (Å²) in [6, 6.07) is 11.4. The summed E-state index contributed by atoms with van der Waals surface area (Å²) < 4.78 is 11.5. The second kappa shape index (κ2) is 24.7. The fourth-order valence-corrected chi connectivity index (χ4v) is 9.17. The molecule has 16 heteroatoms. The van der Waals surface area contributed by atoms with E-state index in [0.717, 1.165) is 49.7 Å². The first-order chi connectivity index (χ1) is 32.0. The first kappa shape index (κ1) is 49.6. The van der Waals surface area contributed by atoms with Crippen LogP contribution in [0.3, 0.4) is 0 Å². The van der Waals surface area contributed by atoms with Gasteiger partial charge in [-0.25, -0.2) is 0 Å². The fourth-order valence-electron chi connectivity index (χ4n) is 9.17. The molecule has 0 radical (unpaired) electrons. The highest BCUT2D eigenvalue weighted by atomic mass is 16.5. The molecule has 2 aliphatic carbocycles. The summed E-state index contributed by atoms with van der Waals surface area (Å²) >= 11 is 0. The predicted molar refractivity (Wildman–Crippen MR) is 248 cm³/mol. The number of rotatable bonds is 18. The van der Waals surface area contributed by atoms with E-state index in [2.05, 4.69) is 67.7 Å². The Bertz CT molecular complexity index is 2030. The molecule has 0 bridgehead atoms. The number of ether oxygens (including phenoxy) is 2. The van der Waals surface area contributed by atoms with Crippen molar-refractivity contribution in [2.45, 2.75) is 126 Å². The molecule has 2 aromatic rings. The Kier molecular flexibility index (Phi) is 18.6. The first-order valence-corrected chi connectivity index (χ1v) is 23.4. The minimum absolute atomic E-state index is 0.0914. The van der Waals surface area contributed by atoms with Crippen LogP contribution in [-0.4, -0.2) is 135 Å². The number of aryl methyl sites for hydroxylation is 2. The van der Waals surface area contributed by atoms with Gasteiger partial charge in [-0.2, -0.15) is 0 Å². The summed E-state index contributed by atoms with van der Waals surface area (Å²) in [6.07, 6.45) is 7.87. The molecule has 2 fully saturated rings. The molecule has 2 aliphatic heterocycles. The van der Waals surface area contributed by atoms with E-state index in [1.165, 1.54) is 11.1 Å². The molecule has 1 unspecified atom stereocenters. The van der Waals surface area contributed by atoms with Gasteiger partial charge in [-0.3, -0.25) is 28.8 Å². The number of hydrogen-bond donors (Lipinski definition) is 6. The van der Waals surface area contributed by atoms with Crippen molar-refractivity contribution in [1.29, 1.82) is 0 Å². The van der Waals surface area contributed by atoms with Gasteiger partial charge in [0, 0.05) is 13.1 Å². The maximum atomic E-state index is 14.0. The normalized spacial score (nSPS) is 21.5. The Morgan fingerprint density at radius 3 is 1.42 bits per heavy atom. The van der Waals surface area contributed by atoms with Gasteiger partial charge >= 0.3 is 0 Å². The van der Waals surface area contributed by atoms with Crippen molar-refractivity contribution < 1.29 is 38.2 Å². The van der Waals surface area contributed by atoms with Crippen LogP contribution in [0.15, 0.2) is 48.5 Å². The Morgan fingerprint density at radius 2 is 1.02 bits per heavy atom. The van der Waals surface area contributed by atoms with Gasteiger partial charge in [0.15, 0.2) is 0 Å². The molecule has 0 saturated carbocycles. The molecule has 2 heterocycles. The highest BCUT2D eigenvalue weighted by Crippen LogP contribution is 2.32. The molecule has 354 valence electrons. The molecule has 6 rings (SSSR count). The number of hydrogen-bond acceptors (Lipinski definition) is 10. The van der Waals surface area contributed by atoms with Gasteiger partial charge in [0.05, 0.1) is 37.4 Å². The SMILES string of the molecule is CN[C@@H](C)C(=O)N[C@@H](COCC#CC#CCOC[C@H](NC(=O)[C@H](C)NC)C(=O)N1CCC[C@H]1C(=O)N[C@@H]1CCCc2ccccc21)C(=O)N1CCCC1C(=O)N[C@@H]1CCCc2ccccc21. The summed E-state index contributed by atoms with van der Waals surface area (Å²) in [4.78, 5) is 84.3. The van der Waals surface area contributed by atoms with Gasteiger partial charge in [-0.1, -0.05) is 60.4 Å². The monoisotopic (exact) mass is 907 g/mol. The zero-order valence-corrected chi connectivity index (χ0v) is 38.7. The van der Waals surface area contributed by atoms with Crippen molar-refractivity contribution in [3.63, 3.8) is 0 Å². The number of likely N-dealkylation sites (N-methyl/N-ethyl adjacent to an activating group) is 2. The van der Waals surface area contributed by atoms with Crippen LogP contribution in [0.5, 0.6) is 0 Å². The van der Waals surface area contributed by atoms with Gasteiger partial charge < -0.3 is 51.2 Å². The highest BCUT2D eigenvalue weighted by molar-refractivity contribution is 5.94. The number of benzene rings is 2. The van der Waals surface area contributed by atoms with E-state index in [-0.39, 0.29) is 62.1 Å². The molecule has 16 nitrogen and oxygen atoms in total. The lowest BCUT2D eigenvalue weighted by molar-refractivity contribution is -0.143. The lowest BCUT2D eigenvalue weighted by Crippen LogP contribution is -2.57. The molecule has 2 saturated heterocycles. The number of nitrogens with zero attached hydrogens (tertiary/aromatic N) is 2. The standard InChI is InChI=1S/C50H66N8O8/c1-33(51-3)45(59)55-41(49(63)57-27-15-25-43(57)47(61)53-39-23-13-19-35-17-7-9-21-37(35)39)31-65-29-11-5-6-12-30-66-32-42(56-46(60)34(2)52-4)50(64)58-28-16-26-44(58)48(62)54-40-24-14-20-36-18-8-10-22-38(36)40/h7-10,17-18,21-22,33-34,39-44,51-52H,13-16,19-20,23-32H2,1-4H3,(H,53,61)(H,54,62)(H,55,59)(H,56,60)/t33-,34-,39+,40+,41-,42-,43-,44?/m0/s1. The maximum Gasteiger partial charge on any atom is 0.248 e. The Labute approximate surface area is 388 Å². The Hall–Kier alpha value is -5.78.